The number of phenols is 2. The summed E-state index contributed by atoms with van der Waals surface area (Å²) in [5, 5.41) is 18.3. The number of phenolic OH excluding ortho intramolecular Hbond substituents is 2. The van der Waals surface area contributed by atoms with Gasteiger partial charge >= 0.3 is 0 Å². The van der Waals surface area contributed by atoms with Crippen LogP contribution in [0.3, 0.4) is 0 Å². The van der Waals surface area contributed by atoms with Crippen LogP contribution in [0.5, 0.6) is 17.2 Å². The lowest BCUT2D eigenvalue weighted by atomic mass is 10.3. The molecule has 1 aromatic carbocycles. The zero-order valence-electron chi connectivity index (χ0n) is 8.32. The molecule has 0 aliphatic carbocycles. The van der Waals surface area contributed by atoms with Crippen molar-refractivity contribution < 1.29 is 14.9 Å². The lowest BCUT2D eigenvalue weighted by Gasteiger charge is -2.04. The number of ether oxygens (including phenoxy) is 1. The minimum atomic E-state index is -0.00259. The highest BCUT2D eigenvalue weighted by Crippen LogP contribution is 2.25. The standard InChI is InChI=1S/C11H14O3/c1-8(2)3-4-14-11-6-9(12)5-10(13)7-11/h3,5-7,12-13H,4H2,1-2H3. The summed E-state index contributed by atoms with van der Waals surface area (Å²) in [6.07, 6.45) is 1.92. The molecule has 0 bridgehead atoms. The molecule has 0 saturated carbocycles. The molecule has 3 nitrogen and oxygen atoms in total. The Morgan fingerprint density at radius 1 is 1.21 bits per heavy atom. The van der Waals surface area contributed by atoms with E-state index in [1.807, 2.05) is 19.9 Å². The van der Waals surface area contributed by atoms with E-state index in [0.717, 1.165) is 5.57 Å². The quantitative estimate of drug-likeness (QED) is 0.726. The van der Waals surface area contributed by atoms with Crippen LogP contribution in [0.15, 0.2) is 29.8 Å². The summed E-state index contributed by atoms with van der Waals surface area (Å²) >= 11 is 0. The van der Waals surface area contributed by atoms with E-state index in [4.69, 9.17) is 14.9 Å². The van der Waals surface area contributed by atoms with Crippen molar-refractivity contribution >= 4 is 0 Å². The molecular formula is C11H14O3. The Kier molecular flexibility index (Phi) is 3.40. The first-order chi connectivity index (χ1) is 6.58. The van der Waals surface area contributed by atoms with E-state index in [2.05, 4.69) is 0 Å². The summed E-state index contributed by atoms with van der Waals surface area (Å²) in [6, 6.07) is 4.17. The minimum absolute atomic E-state index is 0.00259. The Bertz CT molecular complexity index is 318. The van der Waals surface area contributed by atoms with Crippen molar-refractivity contribution in [3.63, 3.8) is 0 Å². The van der Waals surface area contributed by atoms with E-state index in [1.54, 1.807) is 0 Å². The first-order valence-electron chi connectivity index (χ1n) is 4.37. The third-order valence-corrected chi connectivity index (χ3v) is 1.62. The molecule has 0 spiro atoms. The van der Waals surface area contributed by atoms with Crippen LogP contribution in [0.1, 0.15) is 13.8 Å². The molecular weight excluding hydrogens is 180 g/mol. The van der Waals surface area contributed by atoms with Crippen LogP contribution < -0.4 is 4.74 Å². The molecule has 14 heavy (non-hydrogen) atoms. The maximum absolute atomic E-state index is 9.15. The third kappa shape index (κ3) is 3.39. The Morgan fingerprint density at radius 2 is 1.79 bits per heavy atom. The summed E-state index contributed by atoms with van der Waals surface area (Å²) < 4.78 is 5.28. The van der Waals surface area contributed by atoms with Crippen LogP contribution in [0.25, 0.3) is 0 Å². The summed E-state index contributed by atoms with van der Waals surface area (Å²) in [4.78, 5) is 0. The van der Waals surface area contributed by atoms with Gasteiger partial charge in [-0.2, -0.15) is 0 Å². The third-order valence-electron chi connectivity index (χ3n) is 1.62. The first kappa shape index (κ1) is 10.4. The largest absolute Gasteiger partial charge is 0.508 e. The Labute approximate surface area is 83.3 Å². The monoisotopic (exact) mass is 194 g/mol. The zero-order chi connectivity index (χ0) is 10.6. The van der Waals surface area contributed by atoms with Gasteiger partial charge in [-0.1, -0.05) is 5.57 Å². The van der Waals surface area contributed by atoms with Crippen molar-refractivity contribution in [3.8, 4) is 17.2 Å². The number of aromatic hydroxyl groups is 2. The van der Waals surface area contributed by atoms with Crippen molar-refractivity contribution in [2.75, 3.05) is 6.61 Å². The van der Waals surface area contributed by atoms with Crippen molar-refractivity contribution in [2.24, 2.45) is 0 Å². The lowest BCUT2D eigenvalue weighted by molar-refractivity contribution is 0.354. The van der Waals surface area contributed by atoms with Gasteiger partial charge < -0.3 is 14.9 Å². The van der Waals surface area contributed by atoms with Crippen molar-refractivity contribution in [1.82, 2.24) is 0 Å². The van der Waals surface area contributed by atoms with Crippen LogP contribution >= 0.6 is 0 Å². The molecule has 0 amide bonds. The maximum Gasteiger partial charge on any atom is 0.127 e. The zero-order valence-corrected chi connectivity index (χ0v) is 8.32. The summed E-state index contributed by atoms with van der Waals surface area (Å²) in [5.41, 5.74) is 1.16. The van der Waals surface area contributed by atoms with Gasteiger partial charge in [-0.05, 0) is 19.9 Å². The van der Waals surface area contributed by atoms with E-state index >= 15 is 0 Å². The van der Waals surface area contributed by atoms with Crippen molar-refractivity contribution in [2.45, 2.75) is 13.8 Å². The molecule has 3 heteroatoms. The van der Waals surface area contributed by atoms with Crippen LogP contribution in [-0.2, 0) is 0 Å². The first-order valence-corrected chi connectivity index (χ1v) is 4.37. The second-order valence-corrected chi connectivity index (χ2v) is 3.28. The highest BCUT2D eigenvalue weighted by molar-refractivity contribution is 5.40. The van der Waals surface area contributed by atoms with Gasteiger partial charge in [-0.25, -0.2) is 0 Å². The average molecular weight is 194 g/mol. The maximum atomic E-state index is 9.15. The van der Waals surface area contributed by atoms with Gasteiger partial charge in [0.05, 0.1) is 0 Å². The number of hydrogen-bond donors (Lipinski definition) is 2. The number of rotatable bonds is 3. The molecule has 0 unspecified atom stereocenters. The van der Waals surface area contributed by atoms with Gasteiger partial charge in [0, 0.05) is 18.2 Å². The predicted octanol–water partition coefficient (Wildman–Crippen LogP) is 2.44. The molecule has 2 N–H and O–H groups in total. The van der Waals surface area contributed by atoms with E-state index in [9.17, 15) is 0 Å². The summed E-state index contributed by atoms with van der Waals surface area (Å²) in [6.45, 7) is 4.39. The number of hydrogen-bond acceptors (Lipinski definition) is 3. The van der Waals surface area contributed by atoms with Crippen LogP contribution in [-0.4, -0.2) is 16.8 Å². The molecule has 0 atom stereocenters. The Balaban J connectivity index is 2.63. The van der Waals surface area contributed by atoms with Crippen molar-refractivity contribution in [3.05, 3.63) is 29.8 Å². The van der Waals surface area contributed by atoms with Crippen molar-refractivity contribution in [1.29, 1.82) is 0 Å². The SMILES string of the molecule is CC(C)=CCOc1cc(O)cc(O)c1. The predicted molar refractivity (Wildman–Crippen MR) is 54.7 cm³/mol. The summed E-state index contributed by atoms with van der Waals surface area (Å²) in [7, 11) is 0. The van der Waals surface area contributed by atoms with Crippen LogP contribution in [0.2, 0.25) is 0 Å². The van der Waals surface area contributed by atoms with Gasteiger partial charge in [0.1, 0.15) is 23.9 Å². The van der Waals surface area contributed by atoms with Gasteiger partial charge in [0.2, 0.25) is 0 Å². The van der Waals surface area contributed by atoms with Gasteiger partial charge in [-0.15, -0.1) is 0 Å². The smallest absolute Gasteiger partial charge is 0.127 e. The molecule has 0 radical (unpaired) electrons. The fraction of sp³-hybridized carbons (Fsp3) is 0.273. The fourth-order valence-electron chi connectivity index (χ4n) is 0.956. The van der Waals surface area contributed by atoms with E-state index in [-0.39, 0.29) is 11.5 Å². The normalized spacial score (nSPS) is 9.57. The highest BCUT2D eigenvalue weighted by atomic mass is 16.5. The fourth-order valence-corrected chi connectivity index (χ4v) is 0.956. The van der Waals surface area contributed by atoms with E-state index in [0.29, 0.717) is 12.4 Å². The van der Waals surface area contributed by atoms with Crippen LogP contribution in [0, 0.1) is 0 Å². The number of benzene rings is 1. The Morgan fingerprint density at radius 3 is 2.29 bits per heavy atom. The minimum Gasteiger partial charge on any atom is -0.508 e. The van der Waals surface area contributed by atoms with Gasteiger partial charge in [0.25, 0.3) is 0 Å². The molecule has 0 fully saturated rings. The highest BCUT2D eigenvalue weighted by Gasteiger charge is 1.98. The summed E-state index contributed by atoms with van der Waals surface area (Å²) in [5.74, 6) is 0.453. The van der Waals surface area contributed by atoms with Crippen LogP contribution in [0.4, 0.5) is 0 Å². The molecule has 0 aliphatic rings. The molecule has 76 valence electrons. The van der Waals surface area contributed by atoms with Gasteiger partial charge in [-0.3, -0.25) is 0 Å². The topological polar surface area (TPSA) is 49.7 Å². The Hall–Kier alpha value is -1.64. The molecule has 1 rings (SSSR count). The molecule has 1 aromatic rings. The molecule has 0 saturated heterocycles. The lowest BCUT2D eigenvalue weighted by Crippen LogP contribution is -1.93. The van der Waals surface area contributed by atoms with E-state index < -0.39 is 0 Å². The molecule has 0 aliphatic heterocycles. The second-order valence-electron chi connectivity index (χ2n) is 3.28. The average Bonchev–Trinajstić information content (AvgIpc) is 2.01. The van der Waals surface area contributed by atoms with E-state index in [1.165, 1.54) is 18.2 Å². The number of allylic oxidation sites excluding steroid dienone is 1. The van der Waals surface area contributed by atoms with Gasteiger partial charge in [0.15, 0.2) is 0 Å². The molecule has 0 aromatic heterocycles. The molecule has 0 heterocycles. The second kappa shape index (κ2) is 4.56.